The standard InChI is InChI=1S/C20H14N3.C9H8N3.C8H7F3N2O.C8H11NO.C7H7N4.C6H5NO2.6Zn/c1-3-9-15(10-4-1)18-19(16-11-5-2-6-12-16)23-20(22-18)17-13-7-8-14-21-17;1-7-6-11-9(12-7)8-4-2-3-5-10-8;9-8(10,11)7(14)13-5-6-3-1-2-4-12-6;1-8(2,10)7-5-3-4-6-9-7;1-6-5-7(10-9-6)11-4-2-3-8-11;8-6(9)5-3-1-2-4-7-5;;;;;;/h1-14H;2-6H,1H3;1-4H,5H2,(H,13,14);3-6,10H,1-2H3;2-5H,1H3;1-4H,(H,8,9);;;;;;/q2*-1;;;-1;;;;;;;/p-1. The van der Waals surface area contributed by atoms with Crippen molar-refractivity contribution >= 4 is 11.9 Å². The molecule has 0 radical (unpaired) electrons. The molecule has 11 aromatic rings. The fourth-order valence-corrected chi connectivity index (χ4v) is 6.38. The van der Waals surface area contributed by atoms with Crippen LogP contribution < -0.4 is 15.1 Å². The Kier molecular flexibility index (Phi) is 37.6. The van der Waals surface area contributed by atoms with Crippen LogP contribution in [-0.2, 0) is 134 Å². The number of pyridine rings is 5. The van der Waals surface area contributed by atoms with Gasteiger partial charge in [-0.3, -0.25) is 30.1 Å². The number of carboxylic acid groups (broad SMARTS) is 1. The summed E-state index contributed by atoms with van der Waals surface area (Å²) in [5.74, 6) is -0.942. The molecule has 11 rings (SSSR count). The van der Waals surface area contributed by atoms with Gasteiger partial charge < -0.3 is 50.0 Å². The molecule has 0 atom stereocenters. The normalized spacial score (nSPS) is 9.74. The van der Waals surface area contributed by atoms with E-state index in [0.717, 1.165) is 51.1 Å². The van der Waals surface area contributed by atoms with E-state index in [4.69, 9.17) is 15.1 Å². The number of carbonyl (C=O) groups is 2. The van der Waals surface area contributed by atoms with Crippen LogP contribution in [0, 0.1) is 13.8 Å². The molecule has 414 valence electrons. The number of nitrogens with zero attached hydrogens (tertiary/aromatic N) is 14. The van der Waals surface area contributed by atoms with Crippen LogP contribution >= 0.6 is 0 Å². The molecule has 1 amide bonds. The van der Waals surface area contributed by atoms with Gasteiger partial charge in [0, 0.05) is 165 Å². The largest absolute Gasteiger partial charge is 0.641 e. The molecule has 0 spiro atoms. The number of alkyl halides is 3. The first-order chi connectivity index (χ1) is 38.0. The van der Waals surface area contributed by atoms with Crippen LogP contribution in [0.1, 0.15) is 47.1 Å². The van der Waals surface area contributed by atoms with Crippen LogP contribution in [-0.4, -0.2) is 78.0 Å². The van der Waals surface area contributed by atoms with Crippen LogP contribution in [0.5, 0.6) is 0 Å². The summed E-state index contributed by atoms with van der Waals surface area (Å²) in [6.07, 6.45) is 8.43. The fraction of sp³-hybridized carbons (Fsp3) is 0.121. The van der Waals surface area contributed by atoms with Gasteiger partial charge in [-0.15, -0.1) is 0 Å². The number of aromatic carboxylic acids is 1. The van der Waals surface area contributed by atoms with Crippen LogP contribution in [0.15, 0.2) is 213 Å². The van der Waals surface area contributed by atoms with Crippen molar-refractivity contribution in [2.75, 3.05) is 0 Å². The number of imidazole rings is 2. The Morgan fingerprint density at radius 2 is 1.12 bits per heavy atom. The average molecular weight is 1460 g/mol. The average Bonchev–Trinajstić information content (AvgIpc) is 4.01. The molecular formula is C58H51F3N14O4Zn6-4. The molecule has 0 saturated heterocycles. The molecule has 2 aromatic carbocycles. The minimum atomic E-state index is -4.89. The Morgan fingerprint density at radius 1 is 0.588 bits per heavy atom. The van der Waals surface area contributed by atoms with Gasteiger partial charge in [-0.1, -0.05) is 116 Å². The van der Waals surface area contributed by atoms with Crippen molar-refractivity contribution in [1.29, 1.82) is 0 Å². The summed E-state index contributed by atoms with van der Waals surface area (Å²) < 4.78 is 36.7. The van der Waals surface area contributed by atoms with Crippen molar-refractivity contribution in [3.63, 3.8) is 0 Å². The number of aromatic nitrogens is 13. The minimum absolute atomic E-state index is 0. The van der Waals surface area contributed by atoms with Crippen LogP contribution in [0.4, 0.5) is 13.2 Å². The molecule has 0 saturated carbocycles. The van der Waals surface area contributed by atoms with Crippen molar-refractivity contribution in [1.82, 2.24) is 64.8 Å². The molecule has 85 heavy (non-hydrogen) atoms. The number of hydrogen-bond donors (Lipinski definition) is 2. The molecule has 0 unspecified atom stereocenters. The second kappa shape index (κ2) is 40.7. The predicted octanol–water partition coefficient (Wildman–Crippen LogP) is 10.5. The topological polar surface area (TPSA) is 252 Å². The number of hydrogen-bond acceptors (Lipinski definition) is 12. The summed E-state index contributed by atoms with van der Waals surface area (Å²) in [4.78, 5) is 58.1. The first kappa shape index (κ1) is 78.5. The molecule has 0 aliphatic rings. The van der Waals surface area contributed by atoms with E-state index in [1.165, 1.54) is 24.5 Å². The van der Waals surface area contributed by atoms with E-state index in [9.17, 15) is 27.9 Å². The van der Waals surface area contributed by atoms with Gasteiger partial charge in [0.1, 0.15) is 11.3 Å². The van der Waals surface area contributed by atoms with Crippen LogP contribution in [0.25, 0.3) is 56.7 Å². The first-order valence-corrected chi connectivity index (χ1v) is 23.9. The zero-order chi connectivity index (χ0) is 56.5. The molecule has 0 bridgehead atoms. The van der Waals surface area contributed by atoms with Crippen molar-refractivity contribution < 1.29 is 150 Å². The summed E-state index contributed by atoms with van der Waals surface area (Å²) in [6.45, 7) is 6.91. The molecule has 27 heteroatoms. The Balaban J connectivity index is 0.00000102. The second-order valence-corrected chi connectivity index (χ2v) is 16.8. The third-order valence-corrected chi connectivity index (χ3v) is 10.1. The maximum Gasteiger partial charge on any atom is 0.432 e. The third kappa shape index (κ3) is 27.1. The molecular weight excluding hydrogens is 1410 g/mol. The number of carboxylic acids is 1. The van der Waals surface area contributed by atoms with Gasteiger partial charge in [0.2, 0.25) is 0 Å². The van der Waals surface area contributed by atoms with Gasteiger partial charge in [0.05, 0.1) is 17.1 Å². The summed E-state index contributed by atoms with van der Waals surface area (Å²) in [5, 5.41) is 32.4. The third-order valence-electron chi connectivity index (χ3n) is 10.1. The van der Waals surface area contributed by atoms with E-state index in [-0.39, 0.29) is 129 Å². The van der Waals surface area contributed by atoms with Crippen LogP contribution in [0.3, 0.4) is 0 Å². The summed E-state index contributed by atoms with van der Waals surface area (Å²) >= 11 is 0. The van der Waals surface area contributed by atoms with Gasteiger partial charge in [-0.2, -0.15) is 13.2 Å². The first-order valence-electron chi connectivity index (χ1n) is 23.9. The van der Waals surface area contributed by atoms with Crippen molar-refractivity contribution in [2.45, 2.75) is 46.0 Å². The van der Waals surface area contributed by atoms with Gasteiger partial charge in [-0.25, -0.2) is 9.78 Å². The van der Waals surface area contributed by atoms with Gasteiger partial charge in [0.25, 0.3) is 0 Å². The molecule has 18 nitrogen and oxygen atoms in total. The molecule has 0 aliphatic carbocycles. The number of aryl methyl sites for hydroxylation is 2. The molecule has 9 heterocycles. The predicted molar refractivity (Wildman–Crippen MR) is 290 cm³/mol. The summed E-state index contributed by atoms with van der Waals surface area (Å²) in [7, 11) is 0. The van der Waals surface area contributed by atoms with E-state index in [1.807, 2.05) is 117 Å². The molecule has 0 fully saturated rings. The Labute approximate surface area is 566 Å². The Bertz CT molecular complexity index is 3450. The summed E-state index contributed by atoms with van der Waals surface area (Å²) in [5.41, 5.74) is 7.62. The molecule has 0 aliphatic heterocycles. The zero-order valence-electron chi connectivity index (χ0n) is 47.3. The summed E-state index contributed by atoms with van der Waals surface area (Å²) in [6, 6.07) is 50.4. The SMILES string of the molecule is CC(C)(O)c1ccccn1.Cc1c[n-]c(-c2ccccn2)n1.Cc1cc(-n2cccn2)[n-]n1.O=C(O)c1ccccn1.O=C([N-]Cc1ccccn1)C(F)(F)F.[Zn].[Zn].[Zn].[Zn].[Zn].[Zn].c1ccc(-c2nc(-c3ccccn3)[n-]c2-c2ccccc2)cc1. The fourth-order valence-electron chi connectivity index (χ4n) is 6.38. The van der Waals surface area contributed by atoms with Crippen molar-refractivity contribution in [3.8, 4) is 51.4 Å². The maximum atomic E-state index is 11.7. The van der Waals surface area contributed by atoms with Gasteiger partial charge in [-0.05, 0) is 140 Å². The second-order valence-electron chi connectivity index (χ2n) is 16.8. The smallest absolute Gasteiger partial charge is 0.432 e. The van der Waals surface area contributed by atoms with E-state index >= 15 is 0 Å². The van der Waals surface area contributed by atoms with Crippen molar-refractivity contribution in [2.24, 2.45) is 0 Å². The monoisotopic (exact) mass is 1450 g/mol. The van der Waals surface area contributed by atoms with E-state index in [0.29, 0.717) is 23.0 Å². The number of carbonyl (C=O) groups excluding carboxylic acids is 1. The van der Waals surface area contributed by atoms with E-state index in [2.05, 4.69) is 79.8 Å². The van der Waals surface area contributed by atoms with Crippen LogP contribution in [0.2, 0.25) is 0 Å². The quantitative estimate of drug-likeness (QED) is 0.127. The number of amides is 1. The number of aliphatic hydroxyl groups is 1. The number of rotatable bonds is 9. The van der Waals surface area contributed by atoms with Crippen molar-refractivity contribution in [3.05, 3.63) is 247 Å². The number of benzene rings is 2. The Hall–Kier alpha value is -6.54. The van der Waals surface area contributed by atoms with Gasteiger partial charge >= 0.3 is 12.1 Å². The van der Waals surface area contributed by atoms with E-state index < -0.39 is 23.7 Å². The minimum Gasteiger partial charge on any atom is -0.641 e. The molecule has 2 N–H and O–H groups in total. The maximum absolute atomic E-state index is 11.7. The zero-order valence-corrected chi connectivity index (χ0v) is 65.1. The van der Waals surface area contributed by atoms with Gasteiger partial charge in [0.15, 0.2) is 5.91 Å². The van der Waals surface area contributed by atoms with E-state index in [1.54, 1.807) is 79.8 Å². The molecule has 9 aromatic heterocycles. The number of halogens is 3. The Morgan fingerprint density at radius 3 is 1.53 bits per heavy atom.